The lowest BCUT2D eigenvalue weighted by molar-refractivity contribution is -0.123. The van der Waals surface area contributed by atoms with Crippen LogP contribution >= 0.6 is 11.3 Å². The van der Waals surface area contributed by atoms with E-state index in [-0.39, 0.29) is 17.9 Å². The van der Waals surface area contributed by atoms with Crippen molar-refractivity contribution in [3.63, 3.8) is 0 Å². The van der Waals surface area contributed by atoms with E-state index in [1.54, 1.807) is 11.3 Å². The molecule has 0 fully saturated rings. The molecule has 0 saturated heterocycles. The van der Waals surface area contributed by atoms with Gasteiger partial charge in [-0.1, -0.05) is 13.8 Å². The first-order chi connectivity index (χ1) is 7.90. The lowest BCUT2D eigenvalue weighted by atomic mass is 10.0. The average Bonchev–Trinajstić information content (AvgIpc) is 2.62. The summed E-state index contributed by atoms with van der Waals surface area (Å²) in [6.07, 6.45) is 0.870. The molecular formula is C13H22N2OS. The van der Waals surface area contributed by atoms with E-state index in [0.717, 1.165) is 6.42 Å². The first kappa shape index (κ1) is 14.2. The fraction of sp³-hybridized carbons (Fsp3) is 0.615. The van der Waals surface area contributed by atoms with E-state index < -0.39 is 6.04 Å². The molecule has 96 valence electrons. The Labute approximate surface area is 107 Å². The number of aryl methyl sites for hydroxylation is 1. The minimum atomic E-state index is -0.414. The molecule has 0 aliphatic rings. The first-order valence-electron chi connectivity index (χ1n) is 6.01. The van der Waals surface area contributed by atoms with Crippen molar-refractivity contribution in [3.05, 3.63) is 21.9 Å². The number of nitrogens with one attached hydrogen (secondary N) is 1. The Kier molecular flexibility index (Phi) is 5.15. The third-order valence-electron chi connectivity index (χ3n) is 2.71. The molecule has 1 aromatic rings. The van der Waals surface area contributed by atoms with Crippen molar-refractivity contribution in [1.82, 2.24) is 5.32 Å². The molecule has 0 saturated carbocycles. The molecule has 0 aromatic carbocycles. The lowest BCUT2D eigenvalue weighted by Crippen LogP contribution is -2.47. The minimum absolute atomic E-state index is 0.0548. The third kappa shape index (κ3) is 4.48. The molecule has 3 nitrogen and oxygen atoms in total. The molecule has 0 aliphatic carbocycles. The summed E-state index contributed by atoms with van der Waals surface area (Å²) in [4.78, 5) is 14.4. The van der Waals surface area contributed by atoms with E-state index in [1.165, 1.54) is 9.75 Å². The second-order valence-corrected chi connectivity index (χ2v) is 6.27. The van der Waals surface area contributed by atoms with Crippen molar-refractivity contribution < 1.29 is 4.79 Å². The monoisotopic (exact) mass is 254 g/mol. The zero-order chi connectivity index (χ0) is 13.0. The number of nitrogens with two attached hydrogens (primary N) is 1. The average molecular weight is 254 g/mol. The quantitative estimate of drug-likeness (QED) is 0.845. The SMILES string of the molecule is Cc1ccc(CC(C)NC(=O)C(N)C(C)C)s1. The van der Waals surface area contributed by atoms with Gasteiger partial charge in [0.1, 0.15) is 0 Å². The molecule has 0 bridgehead atoms. The van der Waals surface area contributed by atoms with Gasteiger partial charge in [0.05, 0.1) is 6.04 Å². The van der Waals surface area contributed by atoms with Gasteiger partial charge in [0.2, 0.25) is 5.91 Å². The number of thiophene rings is 1. The van der Waals surface area contributed by atoms with Crippen LogP contribution in [0.1, 0.15) is 30.5 Å². The van der Waals surface area contributed by atoms with Crippen molar-refractivity contribution >= 4 is 17.2 Å². The van der Waals surface area contributed by atoms with Crippen molar-refractivity contribution in [1.29, 1.82) is 0 Å². The van der Waals surface area contributed by atoms with Crippen LogP contribution in [-0.2, 0) is 11.2 Å². The van der Waals surface area contributed by atoms with Crippen LogP contribution in [0.4, 0.5) is 0 Å². The molecule has 1 heterocycles. The van der Waals surface area contributed by atoms with Crippen LogP contribution in [0.3, 0.4) is 0 Å². The number of hydrogen-bond acceptors (Lipinski definition) is 3. The van der Waals surface area contributed by atoms with Crippen molar-refractivity contribution in [2.75, 3.05) is 0 Å². The second kappa shape index (κ2) is 6.17. The summed E-state index contributed by atoms with van der Waals surface area (Å²) < 4.78 is 0. The van der Waals surface area contributed by atoms with E-state index >= 15 is 0 Å². The number of carbonyl (C=O) groups excluding carboxylic acids is 1. The number of amides is 1. The van der Waals surface area contributed by atoms with Gasteiger partial charge in [-0.3, -0.25) is 4.79 Å². The molecular weight excluding hydrogens is 232 g/mol. The topological polar surface area (TPSA) is 55.1 Å². The maximum Gasteiger partial charge on any atom is 0.237 e. The molecule has 3 N–H and O–H groups in total. The Morgan fingerprint density at radius 1 is 1.41 bits per heavy atom. The van der Waals surface area contributed by atoms with Gasteiger partial charge in [0.25, 0.3) is 0 Å². The molecule has 0 aliphatic heterocycles. The summed E-state index contributed by atoms with van der Waals surface area (Å²) in [5, 5.41) is 2.96. The summed E-state index contributed by atoms with van der Waals surface area (Å²) in [7, 11) is 0. The predicted molar refractivity (Wildman–Crippen MR) is 73.2 cm³/mol. The molecule has 2 unspecified atom stereocenters. The molecule has 1 rings (SSSR count). The van der Waals surface area contributed by atoms with Crippen LogP contribution in [0.2, 0.25) is 0 Å². The van der Waals surface area contributed by atoms with Crippen molar-refractivity contribution in [2.45, 2.75) is 46.2 Å². The van der Waals surface area contributed by atoms with E-state index in [2.05, 4.69) is 24.4 Å². The van der Waals surface area contributed by atoms with Crippen molar-refractivity contribution in [3.8, 4) is 0 Å². The Balaban J connectivity index is 2.44. The van der Waals surface area contributed by atoms with Gasteiger partial charge in [0.15, 0.2) is 0 Å². The van der Waals surface area contributed by atoms with Gasteiger partial charge in [-0.2, -0.15) is 0 Å². The zero-order valence-electron chi connectivity index (χ0n) is 11.0. The van der Waals surface area contributed by atoms with Crippen LogP contribution < -0.4 is 11.1 Å². The summed E-state index contributed by atoms with van der Waals surface area (Å²) in [5.74, 6) is 0.118. The van der Waals surface area contributed by atoms with Crippen LogP contribution in [0.15, 0.2) is 12.1 Å². The summed E-state index contributed by atoms with van der Waals surface area (Å²) in [5.41, 5.74) is 5.80. The van der Waals surface area contributed by atoms with Gasteiger partial charge in [0, 0.05) is 22.2 Å². The second-order valence-electron chi connectivity index (χ2n) is 4.90. The van der Waals surface area contributed by atoms with E-state index in [4.69, 9.17) is 5.73 Å². The number of hydrogen-bond donors (Lipinski definition) is 2. The Bertz CT molecular complexity index is 373. The van der Waals surface area contributed by atoms with Crippen LogP contribution in [0, 0.1) is 12.8 Å². The van der Waals surface area contributed by atoms with E-state index in [9.17, 15) is 4.79 Å². The largest absolute Gasteiger partial charge is 0.352 e. The van der Waals surface area contributed by atoms with Gasteiger partial charge < -0.3 is 11.1 Å². The Hall–Kier alpha value is -0.870. The standard InChI is InChI=1S/C13H22N2OS/c1-8(2)12(14)13(16)15-9(3)7-11-6-5-10(4)17-11/h5-6,8-9,12H,7,14H2,1-4H3,(H,15,16). The maximum atomic E-state index is 11.8. The van der Waals surface area contributed by atoms with Crippen LogP contribution in [0.5, 0.6) is 0 Å². The Morgan fingerprint density at radius 2 is 2.06 bits per heavy atom. The highest BCUT2D eigenvalue weighted by Gasteiger charge is 2.18. The van der Waals surface area contributed by atoms with E-state index in [0.29, 0.717) is 0 Å². The molecule has 1 amide bonds. The molecule has 2 atom stereocenters. The first-order valence-corrected chi connectivity index (χ1v) is 6.83. The summed E-state index contributed by atoms with van der Waals surface area (Å²) in [6, 6.07) is 3.94. The van der Waals surface area contributed by atoms with Crippen LogP contribution in [0.25, 0.3) is 0 Å². The molecule has 1 aromatic heterocycles. The molecule has 0 spiro atoms. The number of carbonyl (C=O) groups is 1. The highest BCUT2D eigenvalue weighted by atomic mass is 32.1. The maximum absolute atomic E-state index is 11.8. The normalized spacial score (nSPS) is 14.7. The molecule has 4 heteroatoms. The minimum Gasteiger partial charge on any atom is -0.352 e. The fourth-order valence-corrected chi connectivity index (χ4v) is 2.61. The van der Waals surface area contributed by atoms with Gasteiger partial charge >= 0.3 is 0 Å². The van der Waals surface area contributed by atoms with Gasteiger partial charge in [-0.25, -0.2) is 0 Å². The molecule has 17 heavy (non-hydrogen) atoms. The van der Waals surface area contributed by atoms with Gasteiger partial charge in [-0.15, -0.1) is 11.3 Å². The molecule has 0 radical (unpaired) electrons. The summed E-state index contributed by atoms with van der Waals surface area (Å²) >= 11 is 1.78. The van der Waals surface area contributed by atoms with E-state index in [1.807, 2.05) is 20.8 Å². The summed E-state index contributed by atoms with van der Waals surface area (Å²) in [6.45, 7) is 8.02. The lowest BCUT2D eigenvalue weighted by Gasteiger charge is -2.19. The Morgan fingerprint density at radius 3 is 2.53 bits per heavy atom. The zero-order valence-corrected chi connectivity index (χ0v) is 11.8. The smallest absolute Gasteiger partial charge is 0.237 e. The highest BCUT2D eigenvalue weighted by Crippen LogP contribution is 2.16. The predicted octanol–water partition coefficient (Wildman–Crippen LogP) is 2.09. The van der Waals surface area contributed by atoms with Crippen molar-refractivity contribution in [2.24, 2.45) is 11.7 Å². The third-order valence-corrected chi connectivity index (χ3v) is 3.74. The number of rotatable bonds is 5. The van der Waals surface area contributed by atoms with Crippen LogP contribution in [-0.4, -0.2) is 18.0 Å². The fourth-order valence-electron chi connectivity index (χ4n) is 1.59. The highest BCUT2D eigenvalue weighted by molar-refractivity contribution is 7.11. The van der Waals surface area contributed by atoms with Gasteiger partial charge in [-0.05, 0) is 31.9 Å².